The Morgan fingerprint density at radius 2 is 1.81 bits per heavy atom. The monoisotopic (exact) mass is 445 g/mol. The number of methoxy groups -OCH3 is 1. The Labute approximate surface area is 148 Å². The summed E-state index contributed by atoms with van der Waals surface area (Å²) in [6, 6.07) is 1.10. The Bertz CT molecular complexity index is 472. The number of aromatic hydroxyl groups is 1. The zero-order valence-electron chi connectivity index (χ0n) is 12.3. The first-order valence-corrected chi connectivity index (χ1v) is 8.06. The lowest BCUT2D eigenvalue weighted by atomic mass is 9.96. The molecule has 0 heterocycles. The van der Waals surface area contributed by atoms with Gasteiger partial charge in [-0.25, -0.2) is 0 Å². The molecular weight excluding hydrogens is 425 g/mol. The summed E-state index contributed by atoms with van der Waals surface area (Å²) in [5.74, 6) is 0.843. The van der Waals surface area contributed by atoms with E-state index in [-0.39, 0.29) is 18.2 Å². The molecule has 0 aromatic heterocycles. The van der Waals surface area contributed by atoms with Gasteiger partial charge in [0.2, 0.25) is 0 Å². The largest absolute Gasteiger partial charge is 0.503 e. The van der Waals surface area contributed by atoms with Gasteiger partial charge >= 0.3 is 0 Å². The van der Waals surface area contributed by atoms with E-state index in [0.717, 1.165) is 6.42 Å². The SMILES string of the molecule is COc1cc([C@@H](N)[C@@H](O)CCC(C)C)c(Br)c(Br)c1O.Cl. The van der Waals surface area contributed by atoms with Crippen molar-refractivity contribution in [2.45, 2.75) is 38.8 Å². The van der Waals surface area contributed by atoms with E-state index in [1.165, 1.54) is 7.11 Å². The summed E-state index contributed by atoms with van der Waals surface area (Å²) in [6.45, 7) is 4.21. The van der Waals surface area contributed by atoms with Gasteiger partial charge in [0.05, 0.1) is 23.7 Å². The number of aliphatic hydroxyl groups excluding tert-OH is 1. The van der Waals surface area contributed by atoms with Gasteiger partial charge in [0.15, 0.2) is 11.5 Å². The number of aliphatic hydroxyl groups is 1. The molecule has 7 heteroatoms. The molecule has 1 aromatic carbocycles. The molecule has 0 aliphatic rings. The summed E-state index contributed by atoms with van der Waals surface area (Å²) in [5.41, 5.74) is 6.83. The fourth-order valence-corrected chi connectivity index (χ4v) is 2.89. The van der Waals surface area contributed by atoms with Crippen LogP contribution >= 0.6 is 44.3 Å². The molecule has 1 aromatic rings. The number of halogens is 3. The van der Waals surface area contributed by atoms with Crippen molar-refractivity contribution in [1.82, 2.24) is 0 Å². The molecule has 122 valence electrons. The lowest BCUT2D eigenvalue weighted by Gasteiger charge is -2.22. The average molecular weight is 448 g/mol. The summed E-state index contributed by atoms with van der Waals surface area (Å²) >= 11 is 6.68. The molecule has 0 aliphatic heterocycles. The van der Waals surface area contributed by atoms with Crippen LogP contribution in [0.15, 0.2) is 15.0 Å². The van der Waals surface area contributed by atoms with Crippen LogP contribution in [0.25, 0.3) is 0 Å². The number of rotatable bonds is 6. The second-order valence-electron chi connectivity index (χ2n) is 5.21. The van der Waals surface area contributed by atoms with Crippen LogP contribution in [0.5, 0.6) is 11.5 Å². The van der Waals surface area contributed by atoms with Gasteiger partial charge in [-0.3, -0.25) is 0 Å². The van der Waals surface area contributed by atoms with E-state index in [9.17, 15) is 10.2 Å². The van der Waals surface area contributed by atoms with Crippen LogP contribution in [0.4, 0.5) is 0 Å². The topological polar surface area (TPSA) is 75.7 Å². The van der Waals surface area contributed by atoms with Crippen LogP contribution in [0.3, 0.4) is 0 Å². The molecule has 0 radical (unpaired) electrons. The van der Waals surface area contributed by atoms with Gasteiger partial charge in [0.25, 0.3) is 0 Å². The molecule has 0 amide bonds. The third kappa shape index (κ3) is 5.28. The first-order valence-electron chi connectivity index (χ1n) is 6.48. The highest BCUT2D eigenvalue weighted by atomic mass is 79.9. The summed E-state index contributed by atoms with van der Waals surface area (Å²) in [6.07, 6.45) is 0.893. The smallest absolute Gasteiger partial charge is 0.173 e. The number of ether oxygens (including phenoxy) is 1. The molecule has 21 heavy (non-hydrogen) atoms. The van der Waals surface area contributed by atoms with Gasteiger partial charge in [-0.05, 0) is 62.2 Å². The van der Waals surface area contributed by atoms with Crippen molar-refractivity contribution in [3.63, 3.8) is 0 Å². The van der Waals surface area contributed by atoms with Crippen LogP contribution in [0, 0.1) is 5.92 Å². The molecule has 1 rings (SSSR count). The van der Waals surface area contributed by atoms with Crippen LogP contribution in [-0.4, -0.2) is 23.4 Å². The number of phenols is 1. The van der Waals surface area contributed by atoms with Gasteiger partial charge < -0.3 is 20.7 Å². The molecular formula is C14H22Br2ClNO3. The quantitative estimate of drug-likeness (QED) is 0.613. The van der Waals surface area contributed by atoms with Gasteiger partial charge in [0.1, 0.15) is 0 Å². The number of hydrogen-bond donors (Lipinski definition) is 3. The van der Waals surface area contributed by atoms with Gasteiger partial charge in [-0.2, -0.15) is 0 Å². The third-order valence-electron chi connectivity index (χ3n) is 3.21. The van der Waals surface area contributed by atoms with E-state index in [2.05, 4.69) is 45.7 Å². The van der Waals surface area contributed by atoms with Crippen LogP contribution in [0.2, 0.25) is 0 Å². The minimum absolute atomic E-state index is 0. The van der Waals surface area contributed by atoms with Crippen LogP contribution in [0.1, 0.15) is 38.3 Å². The first kappa shape index (κ1) is 21.0. The van der Waals surface area contributed by atoms with E-state index in [0.29, 0.717) is 32.6 Å². The fraction of sp³-hybridized carbons (Fsp3) is 0.571. The zero-order valence-corrected chi connectivity index (χ0v) is 16.3. The summed E-state index contributed by atoms with van der Waals surface area (Å²) in [4.78, 5) is 0. The Balaban J connectivity index is 0.00000400. The molecule has 0 fully saturated rings. The predicted molar refractivity (Wildman–Crippen MR) is 94.3 cm³/mol. The van der Waals surface area contributed by atoms with Crippen molar-refractivity contribution < 1.29 is 14.9 Å². The molecule has 4 nitrogen and oxygen atoms in total. The van der Waals surface area contributed by atoms with Gasteiger partial charge in [-0.15, -0.1) is 12.4 Å². The maximum atomic E-state index is 10.2. The van der Waals surface area contributed by atoms with E-state index in [1.807, 2.05) is 0 Å². The van der Waals surface area contributed by atoms with Crippen molar-refractivity contribution in [3.05, 3.63) is 20.6 Å². The van der Waals surface area contributed by atoms with Crippen molar-refractivity contribution in [3.8, 4) is 11.5 Å². The van der Waals surface area contributed by atoms with Gasteiger partial charge in [-0.1, -0.05) is 13.8 Å². The van der Waals surface area contributed by atoms with Crippen molar-refractivity contribution >= 4 is 44.3 Å². The van der Waals surface area contributed by atoms with Crippen LogP contribution < -0.4 is 10.5 Å². The number of phenolic OH excluding ortho intramolecular Hbond substituents is 1. The lowest BCUT2D eigenvalue weighted by molar-refractivity contribution is 0.128. The Morgan fingerprint density at radius 3 is 2.29 bits per heavy atom. The molecule has 0 saturated heterocycles. The molecule has 0 spiro atoms. The summed E-state index contributed by atoms with van der Waals surface area (Å²) in [7, 11) is 1.47. The van der Waals surface area contributed by atoms with Crippen molar-refractivity contribution in [1.29, 1.82) is 0 Å². The standard InChI is InChI=1S/C14H21Br2NO3.ClH/c1-7(2)4-5-9(18)13(17)8-6-10(20-3)14(19)12(16)11(8)15;/h6-7,9,13,18-19H,4-5,17H2,1-3H3;1H/t9-,13+;/m0./s1. The van der Waals surface area contributed by atoms with Crippen molar-refractivity contribution in [2.75, 3.05) is 7.11 Å². The maximum Gasteiger partial charge on any atom is 0.173 e. The zero-order chi connectivity index (χ0) is 15.4. The number of hydrogen-bond acceptors (Lipinski definition) is 4. The van der Waals surface area contributed by atoms with E-state index >= 15 is 0 Å². The highest BCUT2D eigenvalue weighted by molar-refractivity contribution is 9.13. The lowest BCUT2D eigenvalue weighted by Crippen LogP contribution is -2.27. The molecule has 0 saturated carbocycles. The Kier molecular flexibility index (Phi) is 9.20. The Morgan fingerprint density at radius 1 is 1.24 bits per heavy atom. The summed E-state index contributed by atoms with van der Waals surface area (Å²) in [5, 5.41) is 20.1. The maximum absolute atomic E-state index is 10.2. The Hall–Kier alpha value is -0.0100. The minimum Gasteiger partial charge on any atom is -0.503 e. The molecule has 2 atom stereocenters. The average Bonchev–Trinajstić information content (AvgIpc) is 2.41. The minimum atomic E-state index is -0.644. The number of benzene rings is 1. The molecule has 4 N–H and O–H groups in total. The van der Waals surface area contributed by atoms with E-state index in [4.69, 9.17) is 10.5 Å². The summed E-state index contributed by atoms with van der Waals surface area (Å²) < 4.78 is 6.21. The van der Waals surface area contributed by atoms with E-state index in [1.54, 1.807) is 6.07 Å². The normalized spacial score (nSPS) is 13.7. The first-order chi connectivity index (χ1) is 9.29. The highest BCUT2D eigenvalue weighted by Crippen LogP contribution is 2.43. The fourth-order valence-electron chi connectivity index (χ4n) is 1.90. The second-order valence-corrected chi connectivity index (χ2v) is 6.79. The van der Waals surface area contributed by atoms with Crippen LogP contribution in [-0.2, 0) is 0 Å². The van der Waals surface area contributed by atoms with Gasteiger partial charge in [0, 0.05) is 4.47 Å². The molecule has 0 aliphatic carbocycles. The van der Waals surface area contributed by atoms with E-state index < -0.39 is 12.1 Å². The number of nitrogens with two attached hydrogens (primary N) is 1. The second kappa shape index (κ2) is 9.20. The predicted octanol–water partition coefficient (Wildman–Crippen LogP) is 4.14. The molecule has 0 bridgehead atoms. The third-order valence-corrected chi connectivity index (χ3v) is 5.37. The highest BCUT2D eigenvalue weighted by Gasteiger charge is 2.24. The molecule has 0 unspecified atom stereocenters. The van der Waals surface area contributed by atoms with Crippen molar-refractivity contribution in [2.24, 2.45) is 11.7 Å².